The summed E-state index contributed by atoms with van der Waals surface area (Å²) in [5, 5.41) is 1.56. The van der Waals surface area contributed by atoms with Crippen molar-refractivity contribution < 1.29 is 23.1 Å². The van der Waals surface area contributed by atoms with Crippen LogP contribution in [-0.2, 0) is 4.79 Å². The van der Waals surface area contributed by atoms with E-state index in [0.717, 1.165) is 30.6 Å². The molecule has 2 heterocycles. The summed E-state index contributed by atoms with van der Waals surface area (Å²) in [6.45, 7) is -1.12. The molecule has 8 heteroatoms. The molecule has 0 bridgehead atoms. The fraction of sp³-hybridized carbons (Fsp3) is 0.600. The number of alkyl halides is 2. The number of ether oxygens (including phenoxy) is 1. The first-order chi connectivity index (χ1) is 11.1. The summed E-state index contributed by atoms with van der Waals surface area (Å²) in [7, 11) is 0. The topological polar surface area (TPSA) is 49.9 Å². The van der Waals surface area contributed by atoms with Crippen LogP contribution in [0.3, 0.4) is 0 Å². The van der Waals surface area contributed by atoms with E-state index in [2.05, 4.69) is 4.74 Å². The van der Waals surface area contributed by atoms with Gasteiger partial charge in [-0.3, -0.25) is 9.59 Å². The second kappa shape index (κ2) is 6.82. The van der Waals surface area contributed by atoms with Crippen molar-refractivity contribution >= 4 is 23.2 Å². The van der Waals surface area contributed by atoms with E-state index < -0.39 is 6.61 Å². The van der Waals surface area contributed by atoms with Crippen molar-refractivity contribution in [3.8, 4) is 5.75 Å². The number of carbonyl (C=O) groups is 2. The summed E-state index contributed by atoms with van der Waals surface area (Å²) in [6, 6.07) is 1.38. The molecular formula is C15H18F2N2O3S. The Labute approximate surface area is 136 Å². The largest absolute Gasteiger partial charge is 0.433 e. The van der Waals surface area contributed by atoms with Gasteiger partial charge in [0.15, 0.2) is 0 Å². The van der Waals surface area contributed by atoms with Crippen LogP contribution >= 0.6 is 11.3 Å². The van der Waals surface area contributed by atoms with Crippen molar-refractivity contribution in [3.63, 3.8) is 0 Å². The molecule has 3 rings (SSSR count). The van der Waals surface area contributed by atoms with Gasteiger partial charge in [0.2, 0.25) is 5.91 Å². The predicted octanol–water partition coefficient (Wildman–Crippen LogP) is 2.43. The third kappa shape index (κ3) is 3.46. The highest BCUT2D eigenvalue weighted by Gasteiger charge is 2.33. The Balaban J connectivity index is 1.58. The maximum absolute atomic E-state index is 12.4. The number of thiophene rings is 1. The number of hydrogen-bond donors (Lipinski definition) is 0. The molecule has 0 radical (unpaired) electrons. The molecule has 0 unspecified atom stereocenters. The molecule has 0 aromatic carbocycles. The molecule has 2 aliphatic rings. The van der Waals surface area contributed by atoms with E-state index in [4.69, 9.17) is 0 Å². The standard InChI is InChI=1S/C15H18F2N2O3S/c16-15(17)22-11-4-9-23-12(11)14(21)19-7-5-18(6-8-19)13(20)10-2-1-3-10/h4,9-10,15H,1-3,5-8H2. The van der Waals surface area contributed by atoms with E-state index in [-0.39, 0.29) is 28.4 Å². The Morgan fingerprint density at radius 1 is 1.17 bits per heavy atom. The van der Waals surface area contributed by atoms with Crippen LogP contribution in [0.25, 0.3) is 0 Å². The summed E-state index contributed by atoms with van der Waals surface area (Å²) in [5.74, 6) is -0.0591. The molecule has 1 saturated carbocycles. The lowest BCUT2D eigenvalue weighted by atomic mass is 9.84. The van der Waals surface area contributed by atoms with Crippen LogP contribution in [0.5, 0.6) is 5.75 Å². The van der Waals surface area contributed by atoms with Crippen molar-refractivity contribution in [1.29, 1.82) is 0 Å². The Morgan fingerprint density at radius 3 is 2.39 bits per heavy atom. The molecule has 5 nitrogen and oxygen atoms in total. The number of carbonyl (C=O) groups excluding carboxylic acids is 2. The second-order valence-corrected chi connectivity index (χ2v) is 6.65. The monoisotopic (exact) mass is 344 g/mol. The lowest BCUT2D eigenvalue weighted by Gasteiger charge is -2.38. The van der Waals surface area contributed by atoms with Gasteiger partial charge in [-0.15, -0.1) is 11.3 Å². The molecule has 2 fully saturated rings. The van der Waals surface area contributed by atoms with Crippen LogP contribution in [0.15, 0.2) is 11.4 Å². The average molecular weight is 344 g/mol. The minimum atomic E-state index is -2.95. The van der Waals surface area contributed by atoms with Gasteiger partial charge in [0.1, 0.15) is 10.6 Å². The van der Waals surface area contributed by atoms with Crippen LogP contribution < -0.4 is 4.74 Å². The van der Waals surface area contributed by atoms with Gasteiger partial charge in [0.25, 0.3) is 5.91 Å². The van der Waals surface area contributed by atoms with Gasteiger partial charge in [-0.2, -0.15) is 8.78 Å². The van der Waals surface area contributed by atoms with Crippen molar-refractivity contribution in [3.05, 3.63) is 16.3 Å². The number of amides is 2. The van der Waals surface area contributed by atoms with E-state index >= 15 is 0 Å². The Morgan fingerprint density at radius 2 is 1.83 bits per heavy atom. The first-order valence-electron chi connectivity index (χ1n) is 7.66. The number of nitrogens with zero attached hydrogens (tertiary/aromatic N) is 2. The summed E-state index contributed by atoms with van der Waals surface area (Å²) in [5.41, 5.74) is 0. The van der Waals surface area contributed by atoms with E-state index in [0.29, 0.717) is 26.2 Å². The fourth-order valence-electron chi connectivity index (χ4n) is 2.83. The molecule has 0 spiro atoms. The maximum atomic E-state index is 12.4. The zero-order valence-corrected chi connectivity index (χ0v) is 13.4. The number of halogens is 2. The second-order valence-electron chi connectivity index (χ2n) is 5.74. The van der Waals surface area contributed by atoms with E-state index in [1.165, 1.54) is 6.07 Å². The summed E-state index contributed by atoms with van der Waals surface area (Å²) < 4.78 is 29.1. The Hall–Kier alpha value is -1.70. The molecule has 2 amide bonds. The molecule has 1 aromatic heterocycles. The van der Waals surface area contributed by atoms with E-state index in [1.807, 2.05) is 0 Å². The van der Waals surface area contributed by atoms with Gasteiger partial charge in [-0.25, -0.2) is 0 Å². The van der Waals surface area contributed by atoms with Crippen molar-refractivity contribution in [2.45, 2.75) is 25.9 Å². The average Bonchev–Trinajstić information content (AvgIpc) is 2.92. The van der Waals surface area contributed by atoms with Gasteiger partial charge in [-0.05, 0) is 24.3 Å². The lowest BCUT2D eigenvalue weighted by Crippen LogP contribution is -2.52. The third-order valence-electron chi connectivity index (χ3n) is 4.37. The smallest absolute Gasteiger partial charge is 0.387 e. The van der Waals surface area contributed by atoms with Crippen LogP contribution in [0.1, 0.15) is 28.9 Å². The molecule has 0 N–H and O–H groups in total. The third-order valence-corrected chi connectivity index (χ3v) is 5.26. The van der Waals surface area contributed by atoms with E-state index in [1.54, 1.807) is 15.2 Å². The first kappa shape index (κ1) is 16.2. The number of rotatable bonds is 4. The van der Waals surface area contributed by atoms with Crippen molar-refractivity contribution in [1.82, 2.24) is 9.80 Å². The highest BCUT2D eigenvalue weighted by molar-refractivity contribution is 7.12. The number of piperazine rings is 1. The highest BCUT2D eigenvalue weighted by Crippen LogP contribution is 2.30. The molecule has 23 heavy (non-hydrogen) atoms. The molecule has 1 saturated heterocycles. The predicted molar refractivity (Wildman–Crippen MR) is 80.8 cm³/mol. The normalized spacial score (nSPS) is 18.9. The minimum Gasteiger partial charge on any atom is -0.433 e. The zero-order chi connectivity index (χ0) is 16.4. The van der Waals surface area contributed by atoms with E-state index in [9.17, 15) is 18.4 Å². The molecule has 126 valence electrons. The Bertz CT molecular complexity index is 581. The molecule has 1 aromatic rings. The lowest BCUT2D eigenvalue weighted by molar-refractivity contribution is -0.139. The first-order valence-corrected chi connectivity index (χ1v) is 8.54. The van der Waals surface area contributed by atoms with Gasteiger partial charge >= 0.3 is 6.61 Å². The van der Waals surface area contributed by atoms with Gasteiger partial charge in [-0.1, -0.05) is 6.42 Å². The fourth-order valence-corrected chi connectivity index (χ4v) is 3.62. The van der Waals surface area contributed by atoms with Crippen LogP contribution in [0, 0.1) is 5.92 Å². The number of hydrogen-bond acceptors (Lipinski definition) is 4. The molecular weight excluding hydrogens is 326 g/mol. The SMILES string of the molecule is O=C(c1sccc1OC(F)F)N1CCN(C(=O)C2CCC2)CC1. The van der Waals surface area contributed by atoms with Crippen molar-refractivity contribution in [2.75, 3.05) is 26.2 Å². The van der Waals surface area contributed by atoms with Gasteiger partial charge in [0.05, 0.1) is 0 Å². The van der Waals surface area contributed by atoms with Crippen LogP contribution in [0.4, 0.5) is 8.78 Å². The van der Waals surface area contributed by atoms with Crippen LogP contribution in [0.2, 0.25) is 0 Å². The minimum absolute atomic E-state index is 0.0806. The molecule has 1 aliphatic carbocycles. The van der Waals surface area contributed by atoms with Gasteiger partial charge in [0, 0.05) is 32.1 Å². The van der Waals surface area contributed by atoms with Crippen LogP contribution in [-0.4, -0.2) is 54.4 Å². The summed E-state index contributed by atoms with van der Waals surface area (Å²) >= 11 is 1.09. The maximum Gasteiger partial charge on any atom is 0.387 e. The molecule has 1 aliphatic heterocycles. The zero-order valence-electron chi connectivity index (χ0n) is 12.5. The Kier molecular flexibility index (Phi) is 4.79. The summed E-state index contributed by atoms with van der Waals surface area (Å²) in [6.07, 6.45) is 3.03. The molecule has 0 atom stereocenters. The highest BCUT2D eigenvalue weighted by atomic mass is 32.1. The summed E-state index contributed by atoms with van der Waals surface area (Å²) in [4.78, 5) is 28.2. The quantitative estimate of drug-likeness (QED) is 0.843. The van der Waals surface area contributed by atoms with Crippen molar-refractivity contribution in [2.24, 2.45) is 5.92 Å². The van der Waals surface area contributed by atoms with Gasteiger partial charge < -0.3 is 14.5 Å².